The summed E-state index contributed by atoms with van der Waals surface area (Å²) in [5.41, 5.74) is 7.45. The smallest absolute Gasteiger partial charge is 0.157 e. The van der Waals surface area contributed by atoms with E-state index < -0.39 is 9.84 Å². The lowest BCUT2D eigenvalue weighted by Gasteiger charge is -2.26. The van der Waals surface area contributed by atoms with Gasteiger partial charge in [-0.05, 0) is 29.9 Å². The predicted octanol–water partition coefficient (Wildman–Crippen LogP) is 2.64. The quantitative estimate of drug-likeness (QED) is 0.923. The van der Waals surface area contributed by atoms with E-state index in [-0.39, 0.29) is 11.0 Å². The number of hydrogen-bond donors (Lipinski definition) is 1. The SMILES string of the molecule is CC1CCCC(S(=O)(=O)Cc2cccc(CN)c2)C1. The minimum Gasteiger partial charge on any atom is -0.326 e. The van der Waals surface area contributed by atoms with Crippen LogP contribution in [0, 0.1) is 5.92 Å². The highest BCUT2D eigenvalue weighted by molar-refractivity contribution is 7.91. The molecule has 0 heterocycles. The summed E-state index contributed by atoms with van der Waals surface area (Å²) >= 11 is 0. The van der Waals surface area contributed by atoms with E-state index in [2.05, 4.69) is 6.92 Å². The average molecular weight is 281 g/mol. The molecule has 0 radical (unpaired) electrons. The summed E-state index contributed by atoms with van der Waals surface area (Å²) in [6, 6.07) is 7.60. The maximum Gasteiger partial charge on any atom is 0.157 e. The molecule has 2 unspecified atom stereocenters. The molecule has 0 spiro atoms. The normalized spacial score (nSPS) is 24.3. The van der Waals surface area contributed by atoms with Gasteiger partial charge in [0.05, 0.1) is 11.0 Å². The minimum atomic E-state index is -3.04. The van der Waals surface area contributed by atoms with Crippen molar-refractivity contribution in [2.75, 3.05) is 0 Å². The highest BCUT2D eigenvalue weighted by atomic mass is 32.2. The van der Waals surface area contributed by atoms with E-state index in [0.29, 0.717) is 12.5 Å². The number of hydrogen-bond acceptors (Lipinski definition) is 3. The van der Waals surface area contributed by atoms with Gasteiger partial charge in [-0.15, -0.1) is 0 Å². The van der Waals surface area contributed by atoms with Gasteiger partial charge in [0.25, 0.3) is 0 Å². The lowest BCUT2D eigenvalue weighted by molar-refractivity contribution is 0.382. The molecule has 0 aromatic heterocycles. The second kappa shape index (κ2) is 6.06. The van der Waals surface area contributed by atoms with Gasteiger partial charge in [0.2, 0.25) is 0 Å². The summed E-state index contributed by atoms with van der Waals surface area (Å²) in [6.45, 7) is 2.60. The van der Waals surface area contributed by atoms with Crippen LogP contribution in [-0.2, 0) is 22.1 Å². The molecule has 1 aliphatic rings. The summed E-state index contributed by atoms with van der Waals surface area (Å²) in [5, 5.41) is -0.155. The molecule has 1 saturated carbocycles. The van der Waals surface area contributed by atoms with Crippen LogP contribution >= 0.6 is 0 Å². The molecule has 2 rings (SSSR count). The predicted molar refractivity (Wildman–Crippen MR) is 78.4 cm³/mol. The highest BCUT2D eigenvalue weighted by Crippen LogP contribution is 2.30. The first-order valence-electron chi connectivity index (χ1n) is 7.00. The second-order valence-electron chi connectivity index (χ2n) is 5.73. The van der Waals surface area contributed by atoms with Crippen molar-refractivity contribution < 1.29 is 8.42 Å². The number of sulfone groups is 1. The van der Waals surface area contributed by atoms with Crippen molar-refractivity contribution in [2.24, 2.45) is 11.7 Å². The van der Waals surface area contributed by atoms with Gasteiger partial charge in [-0.3, -0.25) is 0 Å². The van der Waals surface area contributed by atoms with Crippen molar-refractivity contribution in [1.82, 2.24) is 0 Å². The molecule has 4 heteroatoms. The van der Waals surface area contributed by atoms with Crippen LogP contribution in [0.4, 0.5) is 0 Å². The fourth-order valence-electron chi connectivity index (χ4n) is 2.90. The molecule has 1 aromatic carbocycles. The summed E-state index contributed by atoms with van der Waals surface area (Å²) < 4.78 is 24.9. The van der Waals surface area contributed by atoms with Crippen molar-refractivity contribution in [3.05, 3.63) is 35.4 Å². The van der Waals surface area contributed by atoms with E-state index in [1.165, 1.54) is 0 Å². The van der Waals surface area contributed by atoms with Crippen LogP contribution < -0.4 is 5.73 Å². The third-order valence-electron chi connectivity index (χ3n) is 3.99. The van der Waals surface area contributed by atoms with Gasteiger partial charge in [-0.25, -0.2) is 8.42 Å². The van der Waals surface area contributed by atoms with Crippen molar-refractivity contribution >= 4 is 9.84 Å². The number of rotatable bonds is 4. The van der Waals surface area contributed by atoms with Crippen LogP contribution in [0.3, 0.4) is 0 Å². The zero-order valence-corrected chi connectivity index (χ0v) is 12.3. The Labute approximate surface area is 116 Å². The van der Waals surface area contributed by atoms with Crippen LogP contribution in [0.25, 0.3) is 0 Å². The number of nitrogens with two attached hydrogens (primary N) is 1. The second-order valence-corrected chi connectivity index (χ2v) is 8.01. The van der Waals surface area contributed by atoms with E-state index in [0.717, 1.165) is 36.8 Å². The molecule has 1 aliphatic carbocycles. The Morgan fingerprint density at radius 1 is 1.26 bits per heavy atom. The Hall–Kier alpha value is -0.870. The van der Waals surface area contributed by atoms with E-state index in [1.54, 1.807) is 0 Å². The lowest BCUT2D eigenvalue weighted by atomic mass is 9.91. The van der Waals surface area contributed by atoms with Gasteiger partial charge in [0.1, 0.15) is 0 Å². The first kappa shape index (κ1) is 14.5. The summed E-state index contributed by atoms with van der Waals surface area (Å²) in [6.07, 6.45) is 3.84. The molecular weight excluding hydrogens is 258 g/mol. The van der Waals surface area contributed by atoms with Gasteiger partial charge in [-0.2, -0.15) is 0 Å². The van der Waals surface area contributed by atoms with Gasteiger partial charge < -0.3 is 5.73 Å². The zero-order chi connectivity index (χ0) is 13.9. The molecule has 1 aromatic rings. The summed E-state index contributed by atoms with van der Waals surface area (Å²) in [5.74, 6) is 0.682. The fraction of sp³-hybridized carbons (Fsp3) is 0.600. The summed E-state index contributed by atoms with van der Waals surface area (Å²) in [7, 11) is -3.04. The first-order chi connectivity index (χ1) is 9.01. The van der Waals surface area contributed by atoms with Gasteiger partial charge >= 0.3 is 0 Å². The Morgan fingerprint density at radius 2 is 2.00 bits per heavy atom. The van der Waals surface area contributed by atoms with Gasteiger partial charge in [-0.1, -0.05) is 44.0 Å². The van der Waals surface area contributed by atoms with Crippen molar-refractivity contribution in [1.29, 1.82) is 0 Å². The van der Waals surface area contributed by atoms with Crippen molar-refractivity contribution in [3.8, 4) is 0 Å². The lowest BCUT2D eigenvalue weighted by Crippen LogP contribution is -2.28. The molecule has 3 nitrogen and oxygen atoms in total. The van der Waals surface area contributed by atoms with E-state index in [4.69, 9.17) is 5.73 Å². The Bertz CT molecular complexity index is 525. The van der Waals surface area contributed by atoms with Crippen molar-refractivity contribution in [3.63, 3.8) is 0 Å². The average Bonchev–Trinajstić information content (AvgIpc) is 2.38. The zero-order valence-electron chi connectivity index (χ0n) is 11.5. The molecule has 0 aliphatic heterocycles. The van der Waals surface area contributed by atoms with Gasteiger partial charge in [0.15, 0.2) is 9.84 Å². The molecule has 0 amide bonds. The molecule has 0 saturated heterocycles. The van der Waals surface area contributed by atoms with Crippen LogP contribution in [-0.4, -0.2) is 13.7 Å². The van der Waals surface area contributed by atoms with Gasteiger partial charge in [0, 0.05) is 6.54 Å². The largest absolute Gasteiger partial charge is 0.326 e. The van der Waals surface area contributed by atoms with Crippen LogP contribution in [0.15, 0.2) is 24.3 Å². The maximum atomic E-state index is 12.5. The number of benzene rings is 1. The van der Waals surface area contributed by atoms with Crippen LogP contribution in [0.5, 0.6) is 0 Å². The van der Waals surface area contributed by atoms with Crippen LogP contribution in [0.1, 0.15) is 43.7 Å². The third kappa shape index (κ3) is 3.80. The topological polar surface area (TPSA) is 60.2 Å². The standard InChI is InChI=1S/C15H23NO2S/c1-12-4-2-7-15(8-12)19(17,18)11-14-6-3-5-13(9-14)10-16/h3,5-6,9,12,15H,2,4,7-8,10-11,16H2,1H3. The first-order valence-corrected chi connectivity index (χ1v) is 8.72. The van der Waals surface area contributed by atoms with E-state index in [1.807, 2.05) is 24.3 Å². The Kier molecular flexibility index (Phi) is 4.63. The molecule has 2 N–H and O–H groups in total. The molecule has 0 bridgehead atoms. The highest BCUT2D eigenvalue weighted by Gasteiger charge is 2.30. The van der Waals surface area contributed by atoms with E-state index in [9.17, 15) is 8.42 Å². The minimum absolute atomic E-state index is 0.151. The molecule has 106 valence electrons. The molecule has 1 fully saturated rings. The molecule has 19 heavy (non-hydrogen) atoms. The van der Waals surface area contributed by atoms with Crippen molar-refractivity contribution in [2.45, 2.75) is 50.2 Å². The molecule has 2 atom stereocenters. The third-order valence-corrected chi connectivity index (χ3v) is 6.17. The monoisotopic (exact) mass is 281 g/mol. The Morgan fingerprint density at radius 3 is 2.68 bits per heavy atom. The summed E-state index contributed by atoms with van der Waals surface area (Å²) in [4.78, 5) is 0. The molecular formula is C15H23NO2S. The Balaban J connectivity index is 2.11. The fourth-order valence-corrected chi connectivity index (χ4v) is 4.93. The van der Waals surface area contributed by atoms with E-state index >= 15 is 0 Å². The van der Waals surface area contributed by atoms with Crippen LogP contribution in [0.2, 0.25) is 0 Å². The maximum absolute atomic E-state index is 12.5.